The van der Waals surface area contributed by atoms with Gasteiger partial charge in [0.2, 0.25) is 0 Å². The van der Waals surface area contributed by atoms with Crippen molar-refractivity contribution >= 4 is 11.6 Å². The number of para-hydroxylation sites is 1. The summed E-state index contributed by atoms with van der Waals surface area (Å²) >= 11 is 0. The van der Waals surface area contributed by atoms with Gasteiger partial charge in [-0.2, -0.15) is 5.10 Å². The number of nitrogens with zero attached hydrogens (tertiary/aromatic N) is 2. The van der Waals surface area contributed by atoms with E-state index in [1.165, 1.54) is 17.0 Å². The Morgan fingerprint density at radius 2 is 1.83 bits per heavy atom. The van der Waals surface area contributed by atoms with E-state index in [0.717, 1.165) is 0 Å². The number of benzene rings is 1. The van der Waals surface area contributed by atoms with E-state index >= 15 is 0 Å². The molecule has 1 amide bonds. The van der Waals surface area contributed by atoms with Gasteiger partial charge in [0.05, 0.1) is 6.26 Å². The second-order valence-corrected chi connectivity index (χ2v) is 5.83. The number of rotatable bonds is 4. The van der Waals surface area contributed by atoms with Crippen LogP contribution < -0.4 is 10.9 Å². The van der Waals surface area contributed by atoms with Crippen LogP contribution in [0.1, 0.15) is 13.8 Å². The van der Waals surface area contributed by atoms with E-state index in [0.29, 0.717) is 17.1 Å². The highest BCUT2D eigenvalue weighted by molar-refractivity contribution is 5.96. The van der Waals surface area contributed by atoms with Crippen molar-refractivity contribution in [2.24, 2.45) is 0 Å². The molecule has 2 aromatic heterocycles. The van der Waals surface area contributed by atoms with Crippen molar-refractivity contribution in [3.05, 3.63) is 71.2 Å². The summed E-state index contributed by atoms with van der Waals surface area (Å²) in [5, 5.41) is 7.10. The number of carbonyl (C=O) groups is 1. The van der Waals surface area contributed by atoms with Crippen molar-refractivity contribution in [1.82, 2.24) is 9.78 Å². The monoisotopic (exact) mass is 323 g/mol. The first-order valence-corrected chi connectivity index (χ1v) is 7.50. The van der Waals surface area contributed by atoms with Crippen LogP contribution in [0.3, 0.4) is 0 Å². The number of furan rings is 1. The zero-order chi connectivity index (χ0) is 17.2. The van der Waals surface area contributed by atoms with Gasteiger partial charge in [-0.15, -0.1) is 0 Å². The molecule has 0 bridgehead atoms. The first kappa shape index (κ1) is 15.7. The molecule has 0 aliphatic carbocycles. The Kier molecular flexibility index (Phi) is 4.04. The molecule has 0 fully saturated rings. The van der Waals surface area contributed by atoms with E-state index in [2.05, 4.69) is 10.4 Å². The normalized spacial score (nSPS) is 11.2. The standard InChI is InChI=1S/C18H17N3O3/c1-18(2,17(23)19-13-7-4-3-5-8-13)21-16(22)11-10-14(20-21)15-9-6-12-24-15/h3-12H,1-2H3,(H,19,23). The largest absolute Gasteiger partial charge is 0.463 e. The highest BCUT2D eigenvalue weighted by atomic mass is 16.3. The van der Waals surface area contributed by atoms with Crippen molar-refractivity contribution in [1.29, 1.82) is 0 Å². The molecule has 2 heterocycles. The lowest BCUT2D eigenvalue weighted by atomic mass is 10.0. The van der Waals surface area contributed by atoms with Crippen LogP contribution in [0.25, 0.3) is 11.5 Å². The minimum absolute atomic E-state index is 0.333. The molecule has 0 aliphatic rings. The molecule has 0 saturated heterocycles. The Balaban J connectivity index is 1.95. The molecule has 122 valence electrons. The summed E-state index contributed by atoms with van der Waals surface area (Å²) in [6.07, 6.45) is 1.53. The SMILES string of the molecule is CC(C)(C(=O)Nc1ccccc1)n1nc(-c2ccco2)ccc1=O. The summed E-state index contributed by atoms with van der Waals surface area (Å²) in [6, 6.07) is 15.5. The van der Waals surface area contributed by atoms with Gasteiger partial charge in [-0.25, -0.2) is 4.68 Å². The Morgan fingerprint density at radius 3 is 2.50 bits per heavy atom. The number of aromatic nitrogens is 2. The van der Waals surface area contributed by atoms with E-state index in [-0.39, 0.29) is 11.5 Å². The molecule has 24 heavy (non-hydrogen) atoms. The summed E-state index contributed by atoms with van der Waals surface area (Å²) < 4.78 is 6.47. The van der Waals surface area contributed by atoms with E-state index in [4.69, 9.17) is 4.42 Å². The predicted octanol–water partition coefficient (Wildman–Crippen LogP) is 2.88. The molecule has 0 saturated carbocycles. The quantitative estimate of drug-likeness (QED) is 0.801. The molecule has 1 aromatic carbocycles. The van der Waals surface area contributed by atoms with E-state index in [9.17, 15) is 9.59 Å². The number of anilines is 1. The van der Waals surface area contributed by atoms with Crippen LogP contribution in [0.4, 0.5) is 5.69 Å². The summed E-state index contributed by atoms with van der Waals surface area (Å²) in [7, 11) is 0. The van der Waals surface area contributed by atoms with Crippen molar-refractivity contribution < 1.29 is 9.21 Å². The van der Waals surface area contributed by atoms with Gasteiger partial charge in [0.15, 0.2) is 5.76 Å². The summed E-state index contributed by atoms with van der Waals surface area (Å²) in [5.41, 5.74) is -0.389. The third-order valence-electron chi connectivity index (χ3n) is 3.69. The zero-order valence-electron chi connectivity index (χ0n) is 13.4. The molecule has 6 nitrogen and oxygen atoms in total. The minimum Gasteiger partial charge on any atom is -0.463 e. The molecule has 0 radical (unpaired) electrons. The first-order chi connectivity index (χ1) is 11.5. The van der Waals surface area contributed by atoms with Crippen LogP contribution in [0.15, 0.2) is 70.1 Å². The topological polar surface area (TPSA) is 77.1 Å². The second-order valence-electron chi connectivity index (χ2n) is 5.83. The Hall–Kier alpha value is -3.15. The van der Waals surface area contributed by atoms with Crippen LogP contribution in [-0.2, 0) is 10.3 Å². The van der Waals surface area contributed by atoms with Gasteiger partial charge in [0, 0.05) is 11.8 Å². The van der Waals surface area contributed by atoms with E-state index in [1.807, 2.05) is 18.2 Å². The maximum absolute atomic E-state index is 12.7. The molecule has 1 N–H and O–H groups in total. The maximum atomic E-state index is 12.7. The van der Waals surface area contributed by atoms with Gasteiger partial charge in [-0.05, 0) is 44.2 Å². The minimum atomic E-state index is -1.17. The van der Waals surface area contributed by atoms with Crippen molar-refractivity contribution in [2.45, 2.75) is 19.4 Å². The molecule has 0 aliphatic heterocycles. The third kappa shape index (κ3) is 2.99. The second kappa shape index (κ2) is 6.16. The number of hydrogen-bond donors (Lipinski definition) is 1. The average Bonchev–Trinajstić information content (AvgIpc) is 3.10. The fraction of sp³-hybridized carbons (Fsp3) is 0.167. The Labute approximate surface area is 138 Å². The van der Waals surface area contributed by atoms with Crippen LogP contribution >= 0.6 is 0 Å². The molecule has 3 rings (SSSR count). The molecule has 3 aromatic rings. The lowest BCUT2D eigenvalue weighted by Gasteiger charge is -2.25. The maximum Gasteiger partial charge on any atom is 0.267 e. The highest BCUT2D eigenvalue weighted by Gasteiger charge is 2.32. The average molecular weight is 323 g/mol. The highest BCUT2D eigenvalue weighted by Crippen LogP contribution is 2.19. The Morgan fingerprint density at radius 1 is 1.08 bits per heavy atom. The van der Waals surface area contributed by atoms with Gasteiger partial charge < -0.3 is 9.73 Å². The molecule has 0 unspecified atom stereocenters. The zero-order valence-corrected chi connectivity index (χ0v) is 13.4. The van der Waals surface area contributed by atoms with E-state index < -0.39 is 5.54 Å². The lowest BCUT2D eigenvalue weighted by molar-refractivity contribution is -0.123. The fourth-order valence-corrected chi connectivity index (χ4v) is 2.27. The molecule has 0 atom stereocenters. The lowest BCUT2D eigenvalue weighted by Crippen LogP contribution is -2.47. The molecular weight excluding hydrogens is 306 g/mol. The van der Waals surface area contributed by atoms with Gasteiger partial charge in [0.1, 0.15) is 11.2 Å². The van der Waals surface area contributed by atoms with Crippen LogP contribution in [0.5, 0.6) is 0 Å². The van der Waals surface area contributed by atoms with Crippen LogP contribution in [0.2, 0.25) is 0 Å². The fourth-order valence-electron chi connectivity index (χ4n) is 2.27. The summed E-state index contributed by atoms with van der Waals surface area (Å²) in [4.78, 5) is 24.9. The molecule has 0 spiro atoms. The first-order valence-electron chi connectivity index (χ1n) is 7.50. The third-order valence-corrected chi connectivity index (χ3v) is 3.69. The summed E-state index contributed by atoms with van der Waals surface area (Å²) in [5.74, 6) is 0.197. The number of nitrogens with one attached hydrogen (secondary N) is 1. The number of amides is 1. The van der Waals surface area contributed by atoms with Crippen molar-refractivity contribution in [2.75, 3.05) is 5.32 Å². The van der Waals surface area contributed by atoms with Crippen LogP contribution in [0, 0.1) is 0 Å². The summed E-state index contributed by atoms with van der Waals surface area (Å²) in [6.45, 7) is 3.29. The van der Waals surface area contributed by atoms with Gasteiger partial charge in [-0.3, -0.25) is 9.59 Å². The van der Waals surface area contributed by atoms with Gasteiger partial charge >= 0.3 is 0 Å². The van der Waals surface area contributed by atoms with Crippen molar-refractivity contribution in [3.8, 4) is 11.5 Å². The number of hydrogen-bond acceptors (Lipinski definition) is 4. The molecule has 6 heteroatoms. The van der Waals surface area contributed by atoms with Gasteiger partial charge in [0.25, 0.3) is 11.5 Å². The van der Waals surface area contributed by atoms with E-state index in [1.54, 1.807) is 44.2 Å². The Bertz CT molecular complexity index is 897. The molecular formula is C18H17N3O3. The number of carbonyl (C=O) groups excluding carboxylic acids is 1. The predicted molar refractivity (Wildman–Crippen MR) is 90.6 cm³/mol. The van der Waals surface area contributed by atoms with Crippen LogP contribution in [-0.4, -0.2) is 15.7 Å². The smallest absolute Gasteiger partial charge is 0.267 e. The van der Waals surface area contributed by atoms with Crippen molar-refractivity contribution in [3.63, 3.8) is 0 Å². The van der Waals surface area contributed by atoms with Gasteiger partial charge in [-0.1, -0.05) is 18.2 Å².